The molecule has 0 amide bonds. The largest absolute Gasteiger partial charge is 0.508 e. The molecule has 1 aliphatic rings. The van der Waals surface area contributed by atoms with Gasteiger partial charge >= 0.3 is 0 Å². The number of hydrogen-bond donors (Lipinski definition) is 4. The van der Waals surface area contributed by atoms with E-state index < -0.39 is 12.2 Å². The molecule has 4 N–H and O–H groups in total. The third-order valence-electron chi connectivity index (χ3n) is 4.04. The lowest BCUT2D eigenvalue weighted by Gasteiger charge is -2.34. The number of fused-ring (bicyclic) bond motifs is 1. The van der Waals surface area contributed by atoms with E-state index in [0.29, 0.717) is 23.3 Å². The third kappa shape index (κ3) is 3.39. The molecule has 0 aromatic heterocycles. The topological polar surface area (TPSA) is 123 Å². The maximum absolute atomic E-state index is 10.0. The molecule has 1 aliphatic heterocycles. The Balaban J connectivity index is 1.97. The van der Waals surface area contributed by atoms with Crippen LogP contribution in [0.5, 0.6) is 28.7 Å². The van der Waals surface area contributed by atoms with E-state index in [1.165, 1.54) is 24.3 Å². The van der Waals surface area contributed by atoms with E-state index in [2.05, 4.69) is 0 Å². The van der Waals surface area contributed by atoms with Crippen molar-refractivity contribution in [3.8, 4) is 34.8 Å². The summed E-state index contributed by atoms with van der Waals surface area (Å²) in [4.78, 5) is 0. The smallest absolute Gasteiger partial charge is 0.157 e. The Kier molecular flexibility index (Phi) is 4.55. The Morgan fingerprint density at radius 2 is 1.88 bits per heavy atom. The van der Waals surface area contributed by atoms with Gasteiger partial charge in [0.25, 0.3) is 0 Å². The van der Waals surface area contributed by atoms with Gasteiger partial charge in [-0.05, 0) is 17.7 Å². The predicted octanol–water partition coefficient (Wildman–Crippen LogP) is 2.48. The van der Waals surface area contributed by atoms with E-state index in [9.17, 15) is 20.4 Å². The molecule has 25 heavy (non-hydrogen) atoms. The highest BCUT2D eigenvalue weighted by atomic mass is 16.5. The van der Waals surface area contributed by atoms with E-state index in [1.807, 2.05) is 6.07 Å². The summed E-state index contributed by atoms with van der Waals surface area (Å²) >= 11 is 0. The van der Waals surface area contributed by atoms with Crippen LogP contribution in [0.4, 0.5) is 0 Å². The Hall–Kier alpha value is -3.11. The van der Waals surface area contributed by atoms with Gasteiger partial charge in [-0.2, -0.15) is 5.26 Å². The fourth-order valence-corrected chi connectivity index (χ4v) is 2.85. The number of rotatable bonds is 4. The predicted molar refractivity (Wildman–Crippen MR) is 86.6 cm³/mol. The highest BCUT2D eigenvalue weighted by Gasteiger charge is 2.34. The monoisotopic (exact) mass is 343 g/mol. The molecule has 0 spiro atoms. The normalized spacial score (nSPS) is 18.8. The van der Waals surface area contributed by atoms with Gasteiger partial charge in [0.05, 0.1) is 19.1 Å². The average molecular weight is 343 g/mol. The van der Waals surface area contributed by atoms with Crippen molar-refractivity contribution in [3.05, 3.63) is 41.5 Å². The van der Waals surface area contributed by atoms with E-state index in [-0.39, 0.29) is 36.0 Å². The number of hydrogen-bond acceptors (Lipinski definition) is 7. The van der Waals surface area contributed by atoms with Crippen LogP contribution in [0, 0.1) is 11.3 Å². The minimum absolute atomic E-state index is 0.101. The number of benzene rings is 2. The molecule has 0 saturated carbocycles. The molecule has 0 saturated heterocycles. The van der Waals surface area contributed by atoms with E-state index >= 15 is 0 Å². The number of phenolic OH excluding ortho intramolecular Hbond substituents is 4. The van der Waals surface area contributed by atoms with Crippen molar-refractivity contribution in [2.45, 2.75) is 25.0 Å². The van der Waals surface area contributed by atoms with Gasteiger partial charge in [-0.3, -0.25) is 0 Å². The molecular formula is C18H17NO6. The number of ether oxygens (including phenoxy) is 2. The van der Waals surface area contributed by atoms with Crippen molar-refractivity contribution in [3.63, 3.8) is 0 Å². The molecule has 7 nitrogen and oxygen atoms in total. The van der Waals surface area contributed by atoms with Gasteiger partial charge in [0.15, 0.2) is 17.6 Å². The van der Waals surface area contributed by atoms with Crippen molar-refractivity contribution in [1.29, 1.82) is 5.26 Å². The number of nitrogens with zero attached hydrogens (tertiary/aromatic N) is 1. The Morgan fingerprint density at radius 3 is 2.60 bits per heavy atom. The molecule has 0 aliphatic carbocycles. The molecule has 3 rings (SSSR count). The van der Waals surface area contributed by atoms with Crippen LogP contribution >= 0.6 is 0 Å². The highest BCUT2D eigenvalue weighted by Crippen LogP contribution is 2.43. The molecule has 1 heterocycles. The number of aromatic hydroxyl groups is 4. The summed E-state index contributed by atoms with van der Waals surface area (Å²) in [6.45, 7) is 0.194. The van der Waals surface area contributed by atoms with Gasteiger partial charge in [-0.25, -0.2) is 0 Å². The quantitative estimate of drug-likeness (QED) is 0.497. The van der Waals surface area contributed by atoms with E-state index in [1.54, 1.807) is 6.07 Å². The summed E-state index contributed by atoms with van der Waals surface area (Å²) in [6.07, 6.45) is -0.642. The van der Waals surface area contributed by atoms with Crippen LogP contribution in [0.2, 0.25) is 0 Å². The lowest BCUT2D eigenvalue weighted by Crippen LogP contribution is -2.33. The summed E-state index contributed by atoms with van der Waals surface area (Å²) in [5.74, 6) is -0.461. The van der Waals surface area contributed by atoms with Gasteiger partial charge < -0.3 is 29.9 Å². The van der Waals surface area contributed by atoms with Gasteiger partial charge in [0.2, 0.25) is 0 Å². The van der Waals surface area contributed by atoms with Crippen LogP contribution in [0.25, 0.3) is 0 Å². The van der Waals surface area contributed by atoms with Crippen molar-refractivity contribution < 1.29 is 29.9 Å². The lowest BCUT2D eigenvalue weighted by molar-refractivity contribution is -0.0362. The molecule has 2 aromatic carbocycles. The molecule has 0 fully saturated rings. The second-order valence-electron chi connectivity index (χ2n) is 5.75. The van der Waals surface area contributed by atoms with Crippen LogP contribution in [0.3, 0.4) is 0 Å². The van der Waals surface area contributed by atoms with Gasteiger partial charge in [-0.1, -0.05) is 6.07 Å². The molecule has 0 radical (unpaired) electrons. The van der Waals surface area contributed by atoms with Gasteiger partial charge in [0, 0.05) is 24.1 Å². The van der Waals surface area contributed by atoms with Crippen LogP contribution in [0.15, 0.2) is 30.3 Å². The minimum Gasteiger partial charge on any atom is -0.508 e. The highest BCUT2D eigenvalue weighted by molar-refractivity contribution is 5.52. The maximum atomic E-state index is 10.0. The van der Waals surface area contributed by atoms with Crippen LogP contribution in [-0.2, 0) is 11.2 Å². The van der Waals surface area contributed by atoms with Crippen molar-refractivity contribution in [2.75, 3.05) is 6.61 Å². The van der Waals surface area contributed by atoms with E-state index in [4.69, 9.17) is 14.7 Å². The second kappa shape index (κ2) is 6.79. The zero-order chi connectivity index (χ0) is 18.0. The van der Waals surface area contributed by atoms with Crippen LogP contribution in [-0.4, -0.2) is 33.1 Å². The van der Waals surface area contributed by atoms with Gasteiger partial charge in [-0.15, -0.1) is 0 Å². The van der Waals surface area contributed by atoms with Crippen molar-refractivity contribution in [1.82, 2.24) is 0 Å². The Morgan fingerprint density at radius 1 is 1.08 bits per heavy atom. The summed E-state index contributed by atoms with van der Waals surface area (Å²) in [5, 5.41) is 47.6. The standard InChI is InChI=1S/C18H17NO6/c19-4-1-5-24-17-9-12-14(22)7-11(20)8-16(12)25-18(17)10-2-3-13(21)15(23)6-10/h2-3,6-8,17-18,20-23H,1,5,9H2/t17-,18+/m0/s1. The second-order valence-corrected chi connectivity index (χ2v) is 5.75. The summed E-state index contributed by atoms with van der Waals surface area (Å²) in [7, 11) is 0. The van der Waals surface area contributed by atoms with Crippen LogP contribution < -0.4 is 4.74 Å². The first kappa shape index (κ1) is 16.7. The molecule has 0 bridgehead atoms. The fraction of sp³-hybridized carbons (Fsp3) is 0.278. The van der Waals surface area contributed by atoms with Crippen molar-refractivity contribution in [2.24, 2.45) is 0 Å². The Bertz CT molecular complexity index is 829. The summed E-state index contributed by atoms with van der Waals surface area (Å²) < 4.78 is 11.6. The molecule has 2 atom stereocenters. The number of nitriles is 1. The minimum atomic E-state index is -0.640. The first-order valence-electron chi connectivity index (χ1n) is 7.71. The molecule has 7 heteroatoms. The lowest BCUT2D eigenvalue weighted by atomic mass is 9.93. The molecule has 2 aromatic rings. The summed E-state index contributed by atoms with van der Waals surface area (Å²) in [6, 6.07) is 8.92. The maximum Gasteiger partial charge on any atom is 0.157 e. The number of phenols is 4. The molecular weight excluding hydrogens is 326 g/mol. The summed E-state index contributed by atoms with van der Waals surface area (Å²) in [5.41, 5.74) is 1.06. The average Bonchev–Trinajstić information content (AvgIpc) is 2.57. The molecule has 130 valence electrons. The SMILES string of the molecule is N#CCCO[C@H]1Cc2c(O)cc(O)cc2O[C@@H]1c1ccc(O)c(O)c1. The van der Waals surface area contributed by atoms with E-state index in [0.717, 1.165) is 0 Å². The van der Waals surface area contributed by atoms with Crippen LogP contribution in [0.1, 0.15) is 23.7 Å². The third-order valence-corrected chi connectivity index (χ3v) is 4.04. The first-order chi connectivity index (χ1) is 12.0. The first-order valence-corrected chi connectivity index (χ1v) is 7.71. The zero-order valence-electron chi connectivity index (χ0n) is 13.2. The van der Waals surface area contributed by atoms with Gasteiger partial charge in [0.1, 0.15) is 23.4 Å². The Labute approximate surface area is 143 Å². The molecule has 0 unspecified atom stereocenters. The van der Waals surface area contributed by atoms with Crippen molar-refractivity contribution >= 4 is 0 Å². The fourth-order valence-electron chi connectivity index (χ4n) is 2.85. The zero-order valence-corrected chi connectivity index (χ0v) is 13.2.